The Hall–Kier alpha value is -1.61. The van der Waals surface area contributed by atoms with Crippen LogP contribution in [0.25, 0.3) is 10.9 Å². The Balaban J connectivity index is 1.93. The zero-order chi connectivity index (χ0) is 14.1. The Morgan fingerprint density at radius 1 is 0.952 bits per heavy atom. The molecule has 1 aromatic heterocycles. The maximum absolute atomic E-state index is 5.54. The number of hydrogen-bond donors (Lipinski definition) is 0. The number of pyridine rings is 1. The van der Waals surface area contributed by atoms with Crippen LogP contribution in [0.15, 0.2) is 24.3 Å². The Bertz CT molecular complexity index is 647. The van der Waals surface area contributed by atoms with Crippen molar-refractivity contribution in [3.05, 3.63) is 35.5 Å². The number of rotatable bonds is 1. The molecule has 1 aliphatic heterocycles. The maximum atomic E-state index is 5.54. The minimum absolute atomic E-state index is 0.839. The lowest BCUT2D eigenvalue weighted by Gasteiger charge is -2.32. The highest BCUT2D eigenvalue weighted by Gasteiger charge is 2.22. The highest BCUT2D eigenvalue weighted by Crippen LogP contribution is 2.35. The van der Waals surface area contributed by atoms with Gasteiger partial charge in [-0.2, -0.15) is 0 Å². The Morgan fingerprint density at radius 2 is 1.76 bits per heavy atom. The number of ether oxygens (including phenoxy) is 1. The number of fused-ring (bicyclic) bond motifs is 2. The molecule has 3 heteroatoms. The lowest BCUT2D eigenvalue weighted by atomic mass is 10.0. The van der Waals surface area contributed by atoms with Gasteiger partial charge < -0.3 is 9.64 Å². The summed E-state index contributed by atoms with van der Waals surface area (Å²) >= 11 is 0. The van der Waals surface area contributed by atoms with Crippen molar-refractivity contribution in [2.24, 2.45) is 0 Å². The van der Waals surface area contributed by atoms with E-state index >= 15 is 0 Å². The first-order valence-electron chi connectivity index (χ1n) is 8.17. The minimum atomic E-state index is 0.839. The highest BCUT2D eigenvalue weighted by molar-refractivity contribution is 5.94. The van der Waals surface area contributed by atoms with Crippen molar-refractivity contribution in [1.29, 1.82) is 0 Å². The van der Waals surface area contributed by atoms with E-state index in [1.54, 1.807) is 0 Å². The molecule has 2 aliphatic rings. The number of hydrogen-bond acceptors (Lipinski definition) is 3. The quantitative estimate of drug-likeness (QED) is 0.750. The van der Waals surface area contributed by atoms with Crippen molar-refractivity contribution < 1.29 is 4.74 Å². The van der Waals surface area contributed by atoms with Crippen LogP contribution in [0.3, 0.4) is 0 Å². The first kappa shape index (κ1) is 13.1. The van der Waals surface area contributed by atoms with Crippen molar-refractivity contribution in [2.75, 3.05) is 31.2 Å². The van der Waals surface area contributed by atoms with Gasteiger partial charge in [-0.15, -0.1) is 0 Å². The average Bonchev–Trinajstić information content (AvgIpc) is 2.78. The molecule has 2 aromatic rings. The molecule has 110 valence electrons. The van der Waals surface area contributed by atoms with Crippen LogP contribution in [0, 0.1) is 0 Å². The van der Waals surface area contributed by atoms with Crippen molar-refractivity contribution >= 4 is 16.6 Å². The molecule has 1 aromatic carbocycles. The predicted molar refractivity (Wildman–Crippen MR) is 86.0 cm³/mol. The molecular formula is C18H22N2O. The van der Waals surface area contributed by atoms with Gasteiger partial charge in [-0.3, -0.25) is 4.98 Å². The van der Waals surface area contributed by atoms with E-state index in [2.05, 4.69) is 29.2 Å². The lowest BCUT2D eigenvalue weighted by Crippen LogP contribution is -2.37. The number of aromatic nitrogens is 1. The summed E-state index contributed by atoms with van der Waals surface area (Å²) in [7, 11) is 0. The smallest absolute Gasteiger partial charge is 0.0726 e. The molecule has 1 saturated heterocycles. The fraction of sp³-hybridized carbons (Fsp3) is 0.500. The Morgan fingerprint density at radius 3 is 2.67 bits per heavy atom. The van der Waals surface area contributed by atoms with Gasteiger partial charge in [0.1, 0.15) is 0 Å². The van der Waals surface area contributed by atoms with E-state index in [0.717, 1.165) is 38.2 Å². The van der Waals surface area contributed by atoms with Gasteiger partial charge in [0.25, 0.3) is 0 Å². The molecule has 0 N–H and O–H groups in total. The summed E-state index contributed by atoms with van der Waals surface area (Å²) in [5.74, 6) is 0. The second-order valence-corrected chi connectivity index (χ2v) is 6.06. The van der Waals surface area contributed by atoms with Crippen LogP contribution in [0.5, 0.6) is 0 Å². The summed E-state index contributed by atoms with van der Waals surface area (Å²) in [5.41, 5.74) is 5.45. The molecule has 0 amide bonds. The van der Waals surface area contributed by atoms with E-state index in [1.165, 1.54) is 48.0 Å². The summed E-state index contributed by atoms with van der Waals surface area (Å²) in [6, 6.07) is 8.63. The van der Waals surface area contributed by atoms with Crippen LogP contribution in [0.1, 0.15) is 30.5 Å². The lowest BCUT2D eigenvalue weighted by molar-refractivity contribution is 0.122. The molecule has 0 bridgehead atoms. The van der Waals surface area contributed by atoms with Gasteiger partial charge in [0.15, 0.2) is 0 Å². The fourth-order valence-corrected chi connectivity index (χ4v) is 3.67. The van der Waals surface area contributed by atoms with Gasteiger partial charge in [0.05, 0.1) is 24.4 Å². The molecule has 0 unspecified atom stereocenters. The normalized spacial score (nSPS) is 19.3. The van der Waals surface area contributed by atoms with E-state index in [9.17, 15) is 0 Å². The van der Waals surface area contributed by atoms with E-state index in [0.29, 0.717) is 0 Å². The fourth-order valence-electron chi connectivity index (χ4n) is 3.67. The molecule has 0 radical (unpaired) electrons. The topological polar surface area (TPSA) is 25.4 Å². The highest BCUT2D eigenvalue weighted by atomic mass is 16.5. The molecule has 0 atom stereocenters. The third kappa shape index (κ3) is 2.40. The van der Waals surface area contributed by atoms with Gasteiger partial charge >= 0.3 is 0 Å². The summed E-state index contributed by atoms with van der Waals surface area (Å²) < 4.78 is 5.54. The van der Waals surface area contributed by atoms with Gasteiger partial charge in [-0.05, 0) is 37.3 Å². The third-order valence-electron chi connectivity index (χ3n) is 4.72. The van der Waals surface area contributed by atoms with Crippen molar-refractivity contribution in [3.8, 4) is 0 Å². The SMILES string of the molecule is c1ccc2c(N3CCOCC3)c3c(nc2c1)CCCCC3. The van der Waals surface area contributed by atoms with Crippen LogP contribution in [0.4, 0.5) is 5.69 Å². The summed E-state index contributed by atoms with van der Waals surface area (Å²) in [4.78, 5) is 7.50. The number of anilines is 1. The maximum Gasteiger partial charge on any atom is 0.0726 e. The predicted octanol–water partition coefficient (Wildman–Crippen LogP) is 3.34. The molecule has 2 heterocycles. The van der Waals surface area contributed by atoms with Gasteiger partial charge in [0.2, 0.25) is 0 Å². The second kappa shape index (κ2) is 5.64. The number of morpholine rings is 1. The van der Waals surface area contributed by atoms with E-state index in [1.807, 2.05) is 0 Å². The van der Waals surface area contributed by atoms with Crippen LogP contribution in [-0.4, -0.2) is 31.3 Å². The van der Waals surface area contributed by atoms with Crippen LogP contribution < -0.4 is 4.90 Å². The van der Waals surface area contributed by atoms with E-state index in [4.69, 9.17) is 9.72 Å². The summed E-state index contributed by atoms with van der Waals surface area (Å²) in [6.07, 6.45) is 6.22. The average molecular weight is 282 g/mol. The first-order chi connectivity index (χ1) is 10.4. The monoisotopic (exact) mass is 282 g/mol. The summed E-state index contributed by atoms with van der Waals surface area (Å²) in [5, 5.41) is 1.32. The zero-order valence-electron chi connectivity index (χ0n) is 12.5. The largest absolute Gasteiger partial charge is 0.378 e. The van der Waals surface area contributed by atoms with Crippen molar-refractivity contribution in [3.63, 3.8) is 0 Å². The number of nitrogens with zero attached hydrogens (tertiary/aromatic N) is 2. The summed E-state index contributed by atoms with van der Waals surface area (Å²) in [6.45, 7) is 3.68. The standard InChI is InChI=1S/C18H22N2O/c1-2-6-14-16(8-3-1)19-17-9-5-4-7-15(17)18(14)20-10-12-21-13-11-20/h4-5,7,9H,1-3,6,8,10-13H2. The van der Waals surface area contributed by atoms with E-state index in [-0.39, 0.29) is 0 Å². The van der Waals surface area contributed by atoms with Gasteiger partial charge in [-0.1, -0.05) is 24.6 Å². The van der Waals surface area contributed by atoms with Crippen molar-refractivity contribution in [2.45, 2.75) is 32.1 Å². The molecule has 0 spiro atoms. The van der Waals surface area contributed by atoms with Crippen LogP contribution in [-0.2, 0) is 17.6 Å². The number of para-hydroxylation sites is 1. The number of benzene rings is 1. The molecule has 4 rings (SSSR count). The Kier molecular flexibility index (Phi) is 3.52. The molecule has 21 heavy (non-hydrogen) atoms. The molecular weight excluding hydrogens is 260 g/mol. The first-order valence-corrected chi connectivity index (χ1v) is 8.17. The second-order valence-electron chi connectivity index (χ2n) is 6.06. The van der Waals surface area contributed by atoms with E-state index < -0.39 is 0 Å². The zero-order valence-corrected chi connectivity index (χ0v) is 12.5. The van der Waals surface area contributed by atoms with Gasteiger partial charge in [-0.25, -0.2) is 0 Å². The molecule has 1 aliphatic carbocycles. The van der Waals surface area contributed by atoms with Crippen LogP contribution in [0.2, 0.25) is 0 Å². The molecule has 1 fully saturated rings. The Labute approximate surface area is 125 Å². The molecule has 0 saturated carbocycles. The number of aryl methyl sites for hydroxylation is 1. The molecule has 3 nitrogen and oxygen atoms in total. The minimum Gasteiger partial charge on any atom is -0.378 e. The third-order valence-corrected chi connectivity index (χ3v) is 4.72. The van der Waals surface area contributed by atoms with Crippen molar-refractivity contribution in [1.82, 2.24) is 4.98 Å². The van der Waals surface area contributed by atoms with Crippen LogP contribution >= 0.6 is 0 Å². The van der Waals surface area contributed by atoms with Gasteiger partial charge in [0, 0.05) is 24.2 Å².